The Hall–Kier alpha value is -4.46. The summed E-state index contributed by atoms with van der Waals surface area (Å²) < 4.78 is 68.0. The van der Waals surface area contributed by atoms with E-state index in [-0.39, 0.29) is 5.56 Å². The molecule has 0 radical (unpaired) electrons. The molecule has 15 nitrogen and oxygen atoms in total. The van der Waals surface area contributed by atoms with Crippen LogP contribution in [-0.4, -0.2) is 85.9 Å². The van der Waals surface area contributed by atoms with E-state index < -0.39 is 114 Å². The van der Waals surface area contributed by atoms with Crippen LogP contribution in [-0.2, 0) is 52.3 Å². The summed E-state index contributed by atoms with van der Waals surface area (Å²) >= 11 is 0. The van der Waals surface area contributed by atoms with Crippen molar-refractivity contribution >= 4 is 29.8 Å². The fourth-order valence-corrected chi connectivity index (χ4v) is 4.56. The van der Waals surface area contributed by atoms with Crippen molar-refractivity contribution < 1.29 is 62.6 Å². The Kier molecular flexibility index (Phi) is 14.2. The molecule has 258 valence electrons. The van der Waals surface area contributed by atoms with E-state index in [1.54, 1.807) is 30.4 Å². The standard InChI is InChI=1S/C32H43N3O12/c1-6-7-8-9-10-14-17-26(46-31(40)24-15-12-11-13-16-24)25(34-35-33)18-42-32-30(45-23(5)39)29(44-22(4)38)28(43-21(3)37)27(47-32)19-41-20(2)36/h11-17,25-30,32H,6-10,18-19H2,1-5H3/b17-14+/t25-,26+,27+,28-,29-,30+,32?/m0/s1/i2D,3D,4D,5D. The molecule has 2 rings (SSSR count). The van der Waals surface area contributed by atoms with Gasteiger partial charge >= 0.3 is 29.8 Å². The minimum Gasteiger partial charge on any atom is -0.463 e. The molecular weight excluding hydrogens is 618 g/mol. The van der Waals surface area contributed by atoms with Crippen LogP contribution in [0.3, 0.4) is 0 Å². The molecule has 0 aromatic heterocycles. The molecule has 1 unspecified atom stereocenters. The SMILES string of the molecule is [2H]CC(=O)OC[C@H]1OC(OC[C@H](N=[N+]=[N-])[C@@H](/C=C/CCCCCC)OC(=O)c2ccccc2)[C@H](OC(=O)C[2H])[C@@H](OC(=O)C[2H])[C@H]1OC(=O)C[2H]. The maximum atomic E-state index is 13.1. The fourth-order valence-electron chi connectivity index (χ4n) is 4.56. The van der Waals surface area contributed by atoms with Crippen molar-refractivity contribution in [2.75, 3.05) is 13.2 Å². The van der Waals surface area contributed by atoms with Crippen LogP contribution >= 0.6 is 0 Å². The van der Waals surface area contributed by atoms with Crippen molar-refractivity contribution in [1.29, 1.82) is 0 Å². The zero-order valence-corrected chi connectivity index (χ0v) is 26.1. The zero-order valence-electron chi connectivity index (χ0n) is 30.1. The third-order valence-electron chi connectivity index (χ3n) is 6.62. The molecule has 1 fully saturated rings. The zero-order chi connectivity index (χ0) is 37.6. The van der Waals surface area contributed by atoms with Gasteiger partial charge in [0.15, 0.2) is 24.6 Å². The predicted molar refractivity (Wildman–Crippen MR) is 164 cm³/mol. The van der Waals surface area contributed by atoms with Crippen LogP contribution in [0.4, 0.5) is 0 Å². The highest BCUT2D eigenvalue weighted by atomic mass is 16.7. The Morgan fingerprint density at radius 3 is 2.23 bits per heavy atom. The summed E-state index contributed by atoms with van der Waals surface area (Å²) in [4.78, 5) is 64.8. The number of carbonyl (C=O) groups is 5. The second-order valence-corrected chi connectivity index (χ2v) is 10.2. The minimum absolute atomic E-state index is 0.217. The van der Waals surface area contributed by atoms with E-state index in [0.29, 0.717) is 6.42 Å². The van der Waals surface area contributed by atoms with Crippen LogP contribution < -0.4 is 0 Å². The van der Waals surface area contributed by atoms with Crippen LogP contribution in [0.5, 0.6) is 0 Å². The van der Waals surface area contributed by atoms with Gasteiger partial charge in [-0.2, -0.15) is 0 Å². The van der Waals surface area contributed by atoms with E-state index in [0.717, 1.165) is 25.7 Å². The average molecular weight is 666 g/mol. The van der Waals surface area contributed by atoms with Crippen molar-refractivity contribution in [2.45, 2.75) is 109 Å². The van der Waals surface area contributed by atoms with Gasteiger partial charge < -0.3 is 33.2 Å². The summed E-state index contributed by atoms with van der Waals surface area (Å²) in [6, 6.07) is 6.78. The molecule has 0 aliphatic carbocycles. The van der Waals surface area contributed by atoms with Gasteiger partial charge in [0.25, 0.3) is 0 Å². The number of hydrogen-bond donors (Lipinski definition) is 0. The largest absolute Gasteiger partial charge is 0.463 e. The highest BCUT2D eigenvalue weighted by Crippen LogP contribution is 2.30. The molecule has 0 bridgehead atoms. The van der Waals surface area contributed by atoms with Crippen molar-refractivity contribution in [3.05, 3.63) is 58.5 Å². The first-order chi connectivity index (χ1) is 24.6. The Morgan fingerprint density at radius 2 is 1.60 bits per heavy atom. The third-order valence-corrected chi connectivity index (χ3v) is 6.62. The predicted octanol–water partition coefficient (Wildman–Crippen LogP) is 4.52. The summed E-state index contributed by atoms with van der Waals surface area (Å²) in [6.07, 6.45) is -1.87. The number of carbonyl (C=O) groups excluding carboxylic acids is 5. The van der Waals surface area contributed by atoms with E-state index in [2.05, 4.69) is 16.9 Å². The van der Waals surface area contributed by atoms with Gasteiger partial charge in [0.2, 0.25) is 0 Å². The molecule has 1 aliphatic heterocycles. The number of allylic oxidation sites excluding steroid dienone is 1. The van der Waals surface area contributed by atoms with E-state index in [4.69, 9.17) is 38.6 Å². The lowest BCUT2D eigenvalue weighted by Crippen LogP contribution is -2.63. The number of ether oxygens (including phenoxy) is 7. The average Bonchev–Trinajstić information content (AvgIpc) is 3.15. The number of benzene rings is 1. The van der Waals surface area contributed by atoms with Gasteiger partial charge in [0.05, 0.1) is 12.2 Å². The maximum Gasteiger partial charge on any atom is 0.338 e. The van der Waals surface area contributed by atoms with Gasteiger partial charge in [-0.15, -0.1) is 0 Å². The Morgan fingerprint density at radius 1 is 0.936 bits per heavy atom. The highest BCUT2D eigenvalue weighted by Gasteiger charge is 2.53. The molecule has 0 amide bonds. The lowest BCUT2D eigenvalue weighted by atomic mass is 9.98. The Labute approximate surface area is 279 Å². The summed E-state index contributed by atoms with van der Waals surface area (Å²) in [5, 5.41) is 3.77. The van der Waals surface area contributed by atoms with Crippen LogP contribution in [0, 0.1) is 0 Å². The molecule has 7 atom stereocenters. The molecule has 0 N–H and O–H groups in total. The molecule has 47 heavy (non-hydrogen) atoms. The van der Waals surface area contributed by atoms with Gasteiger partial charge in [-0.1, -0.05) is 55.6 Å². The van der Waals surface area contributed by atoms with E-state index in [1.807, 2.05) is 0 Å². The normalized spacial score (nSPS) is 23.0. The van der Waals surface area contributed by atoms with Gasteiger partial charge in [-0.3, -0.25) is 19.2 Å². The van der Waals surface area contributed by atoms with Gasteiger partial charge in [0.1, 0.15) is 24.9 Å². The molecular formula is C32H43N3O12. The van der Waals surface area contributed by atoms with Gasteiger partial charge in [-0.05, 0) is 36.6 Å². The lowest BCUT2D eigenvalue weighted by Gasteiger charge is -2.44. The van der Waals surface area contributed by atoms with Crippen LogP contribution in [0.25, 0.3) is 10.4 Å². The molecule has 1 aromatic rings. The first-order valence-electron chi connectivity index (χ1n) is 17.6. The molecule has 15 heteroatoms. The summed E-state index contributed by atoms with van der Waals surface area (Å²) in [5.74, 6) is -5.18. The van der Waals surface area contributed by atoms with Crippen molar-refractivity contribution in [1.82, 2.24) is 0 Å². The van der Waals surface area contributed by atoms with Crippen molar-refractivity contribution in [3.63, 3.8) is 0 Å². The van der Waals surface area contributed by atoms with Gasteiger partial charge in [-0.25, -0.2) is 4.79 Å². The van der Waals surface area contributed by atoms with Gasteiger partial charge in [0, 0.05) is 38.0 Å². The number of rotatable bonds is 18. The van der Waals surface area contributed by atoms with E-state index in [1.165, 1.54) is 12.1 Å². The second-order valence-electron chi connectivity index (χ2n) is 10.2. The molecule has 0 spiro atoms. The topological polar surface area (TPSA) is 199 Å². The lowest BCUT2D eigenvalue weighted by molar-refractivity contribution is -0.309. The summed E-state index contributed by atoms with van der Waals surface area (Å²) in [6.45, 7) is -2.70. The monoisotopic (exact) mass is 665 g/mol. The number of nitrogens with zero attached hydrogens (tertiary/aromatic N) is 3. The third kappa shape index (κ3) is 13.8. The molecule has 1 aromatic carbocycles. The molecule has 1 aliphatic rings. The fraction of sp³-hybridized carbons (Fsp3) is 0.594. The van der Waals surface area contributed by atoms with E-state index >= 15 is 0 Å². The number of esters is 5. The number of hydrogen-bond acceptors (Lipinski definition) is 13. The summed E-state index contributed by atoms with van der Waals surface area (Å²) in [7, 11) is 0. The van der Waals surface area contributed by atoms with Crippen LogP contribution in [0.1, 0.15) is 82.5 Å². The Bertz CT molecular complexity index is 1350. The maximum absolute atomic E-state index is 13.1. The Balaban J connectivity index is 2.51. The number of unbranched alkanes of at least 4 members (excludes halogenated alkanes) is 4. The van der Waals surface area contributed by atoms with Crippen molar-refractivity contribution in [2.24, 2.45) is 5.11 Å². The second kappa shape index (κ2) is 20.6. The van der Waals surface area contributed by atoms with Crippen LogP contribution in [0.2, 0.25) is 0 Å². The molecule has 1 saturated heterocycles. The smallest absolute Gasteiger partial charge is 0.338 e. The number of azide groups is 1. The van der Waals surface area contributed by atoms with Crippen LogP contribution in [0.15, 0.2) is 47.6 Å². The summed E-state index contributed by atoms with van der Waals surface area (Å²) in [5.41, 5.74) is 9.67. The highest BCUT2D eigenvalue weighted by molar-refractivity contribution is 5.89. The minimum atomic E-state index is -1.78. The first-order valence-corrected chi connectivity index (χ1v) is 14.8. The quantitative estimate of drug-likeness (QED) is 0.0405. The molecule has 1 heterocycles. The van der Waals surface area contributed by atoms with Crippen molar-refractivity contribution in [3.8, 4) is 0 Å². The first kappa shape index (κ1) is 32.5. The van der Waals surface area contributed by atoms with E-state index in [9.17, 15) is 29.5 Å². The molecule has 0 saturated carbocycles.